The first-order valence-corrected chi connectivity index (χ1v) is 11.5. The quantitative estimate of drug-likeness (QED) is 0.513. The summed E-state index contributed by atoms with van der Waals surface area (Å²) in [6.45, 7) is 2.37. The molecule has 0 saturated heterocycles. The summed E-state index contributed by atoms with van der Waals surface area (Å²) in [6.07, 6.45) is 0.536. The number of carbonyl (C=O) groups is 1. The van der Waals surface area contributed by atoms with E-state index in [0.29, 0.717) is 35.2 Å². The van der Waals surface area contributed by atoms with Crippen LogP contribution in [0.1, 0.15) is 11.4 Å². The number of hydrogen-bond acceptors (Lipinski definition) is 4. The molecule has 2 N–H and O–H groups in total. The number of primary sulfonamides is 1. The zero-order valence-corrected chi connectivity index (χ0v) is 17.9. The van der Waals surface area contributed by atoms with Gasteiger partial charge in [-0.2, -0.15) is 0 Å². The van der Waals surface area contributed by atoms with Crippen molar-refractivity contribution in [2.45, 2.75) is 18.2 Å². The number of anilines is 1. The standard InChI is InChI=1S/C23H19FN4O3S/c1-14-3-2-4-20(26-14)15-5-7-17(8-6-15)27-10-9-18-11-16-12-19(24)22(32(25,30)31)13-21(16)28(18)23(27)29/h2-8,11-13H,9-10H2,1H3,(H2,25,30,31). The van der Waals surface area contributed by atoms with Gasteiger partial charge in [-0.1, -0.05) is 18.2 Å². The van der Waals surface area contributed by atoms with Crippen LogP contribution in [-0.4, -0.2) is 30.5 Å². The third kappa shape index (κ3) is 3.35. The molecule has 0 saturated carbocycles. The van der Waals surface area contributed by atoms with E-state index in [9.17, 15) is 17.6 Å². The lowest BCUT2D eigenvalue weighted by Gasteiger charge is -2.29. The van der Waals surface area contributed by atoms with Crippen molar-refractivity contribution in [2.75, 3.05) is 11.4 Å². The van der Waals surface area contributed by atoms with Crippen LogP contribution < -0.4 is 10.0 Å². The molecule has 3 heterocycles. The van der Waals surface area contributed by atoms with E-state index >= 15 is 0 Å². The van der Waals surface area contributed by atoms with Gasteiger partial charge in [-0.05, 0) is 49.4 Å². The van der Waals surface area contributed by atoms with E-state index < -0.39 is 20.7 Å². The number of aromatic nitrogens is 2. The topological polar surface area (TPSA) is 98.3 Å². The Morgan fingerprint density at radius 3 is 2.50 bits per heavy atom. The summed E-state index contributed by atoms with van der Waals surface area (Å²) in [5.41, 5.74) is 4.39. The molecule has 0 aliphatic carbocycles. The summed E-state index contributed by atoms with van der Waals surface area (Å²) in [4.78, 5) is 18.8. The molecule has 0 spiro atoms. The average molecular weight is 450 g/mol. The molecular weight excluding hydrogens is 431 g/mol. The fourth-order valence-electron chi connectivity index (χ4n) is 4.09. The second kappa shape index (κ2) is 7.25. The molecule has 162 valence electrons. The minimum atomic E-state index is -4.27. The van der Waals surface area contributed by atoms with Crippen molar-refractivity contribution in [1.82, 2.24) is 9.55 Å². The summed E-state index contributed by atoms with van der Waals surface area (Å²) in [5, 5.41) is 5.59. The lowest BCUT2D eigenvalue weighted by atomic mass is 10.1. The molecule has 1 aliphatic rings. The van der Waals surface area contributed by atoms with Gasteiger partial charge in [-0.3, -0.25) is 14.5 Å². The Labute approximate surface area is 184 Å². The highest BCUT2D eigenvalue weighted by Crippen LogP contribution is 2.31. The van der Waals surface area contributed by atoms with E-state index in [4.69, 9.17) is 5.14 Å². The third-order valence-electron chi connectivity index (χ3n) is 5.61. The van der Waals surface area contributed by atoms with Crippen LogP contribution in [0.3, 0.4) is 0 Å². The molecular formula is C23H19FN4O3S. The maximum Gasteiger partial charge on any atom is 0.333 e. The van der Waals surface area contributed by atoms with Crippen LogP contribution in [0.5, 0.6) is 0 Å². The maximum absolute atomic E-state index is 14.3. The average Bonchev–Trinajstić information content (AvgIpc) is 3.11. The molecule has 0 fully saturated rings. The first kappa shape index (κ1) is 20.3. The number of sulfonamides is 1. The molecule has 32 heavy (non-hydrogen) atoms. The number of carbonyl (C=O) groups excluding carboxylic acids is 1. The van der Waals surface area contributed by atoms with E-state index in [-0.39, 0.29) is 6.03 Å². The first-order chi connectivity index (χ1) is 15.2. The normalized spacial score (nSPS) is 14.1. The zero-order chi connectivity index (χ0) is 22.6. The van der Waals surface area contributed by atoms with E-state index in [1.165, 1.54) is 4.57 Å². The van der Waals surface area contributed by atoms with E-state index in [0.717, 1.165) is 29.1 Å². The van der Waals surface area contributed by atoms with Gasteiger partial charge in [0.1, 0.15) is 10.7 Å². The highest BCUT2D eigenvalue weighted by molar-refractivity contribution is 7.89. The van der Waals surface area contributed by atoms with Crippen molar-refractivity contribution in [2.24, 2.45) is 5.14 Å². The number of fused-ring (bicyclic) bond motifs is 3. The van der Waals surface area contributed by atoms with Gasteiger partial charge in [0.05, 0.1) is 11.2 Å². The maximum atomic E-state index is 14.3. The van der Waals surface area contributed by atoms with Gasteiger partial charge in [0.15, 0.2) is 0 Å². The highest BCUT2D eigenvalue weighted by Gasteiger charge is 2.28. The van der Waals surface area contributed by atoms with Crippen molar-refractivity contribution in [3.05, 3.63) is 77.9 Å². The Kier molecular flexibility index (Phi) is 4.61. The van der Waals surface area contributed by atoms with Crippen LogP contribution in [-0.2, 0) is 16.4 Å². The number of pyridine rings is 1. The van der Waals surface area contributed by atoms with Gasteiger partial charge in [0.2, 0.25) is 10.0 Å². The van der Waals surface area contributed by atoms with Gasteiger partial charge in [-0.15, -0.1) is 0 Å². The van der Waals surface area contributed by atoms with Crippen molar-refractivity contribution >= 4 is 32.6 Å². The number of halogens is 1. The summed E-state index contributed by atoms with van der Waals surface area (Å²) >= 11 is 0. The lowest BCUT2D eigenvalue weighted by molar-refractivity contribution is 0.246. The fourth-order valence-corrected chi connectivity index (χ4v) is 4.70. The molecule has 0 atom stereocenters. The lowest BCUT2D eigenvalue weighted by Crippen LogP contribution is -2.41. The highest BCUT2D eigenvalue weighted by atomic mass is 32.2. The first-order valence-electron chi connectivity index (χ1n) is 9.95. The minimum absolute atomic E-state index is 0.306. The second-order valence-electron chi connectivity index (χ2n) is 7.75. The number of aryl methyl sites for hydroxylation is 1. The molecule has 7 nitrogen and oxygen atoms in total. The Morgan fingerprint density at radius 1 is 1.06 bits per heavy atom. The molecule has 1 amide bonds. The predicted molar refractivity (Wildman–Crippen MR) is 120 cm³/mol. The second-order valence-corrected chi connectivity index (χ2v) is 9.28. The Morgan fingerprint density at radius 2 is 1.81 bits per heavy atom. The Hall–Kier alpha value is -3.56. The van der Waals surface area contributed by atoms with Crippen LogP contribution in [0.2, 0.25) is 0 Å². The van der Waals surface area contributed by atoms with Gasteiger partial charge in [0, 0.05) is 41.0 Å². The van der Waals surface area contributed by atoms with Gasteiger partial charge < -0.3 is 0 Å². The molecule has 0 unspecified atom stereocenters. The monoisotopic (exact) mass is 450 g/mol. The van der Waals surface area contributed by atoms with Crippen LogP contribution in [0.4, 0.5) is 14.9 Å². The number of nitrogens with two attached hydrogens (primary N) is 1. The van der Waals surface area contributed by atoms with Crippen molar-refractivity contribution in [3.8, 4) is 11.3 Å². The molecule has 0 radical (unpaired) electrons. The summed E-state index contributed by atoms with van der Waals surface area (Å²) < 4.78 is 39.2. The van der Waals surface area contributed by atoms with Crippen LogP contribution in [0, 0.1) is 12.7 Å². The van der Waals surface area contributed by atoms with Crippen molar-refractivity contribution < 1.29 is 17.6 Å². The number of amides is 1. The molecule has 4 aromatic rings. The van der Waals surface area contributed by atoms with E-state index in [1.54, 1.807) is 11.0 Å². The zero-order valence-electron chi connectivity index (χ0n) is 17.1. The fraction of sp³-hybridized carbons (Fsp3) is 0.130. The molecule has 2 aromatic carbocycles. The van der Waals surface area contributed by atoms with Crippen molar-refractivity contribution in [3.63, 3.8) is 0 Å². The van der Waals surface area contributed by atoms with E-state index in [2.05, 4.69) is 4.98 Å². The van der Waals surface area contributed by atoms with Gasteiger partial charge in [-0.25, -0.2) is 22.7 Å². The summed E-state index contributed by atoms with van der Waals surface area (Å²) in [7, 11) is -4.27. The molecule has 1 aliphatic heterocycles. The van der Waals surface area contributed by atoms with Crippen LogP contribution in [0.15, 0.2) is 65.6 Å². The predicted octanol–water partition coefficient (Wildman–Crippen LogP) is 3.83. The Bertz CT molecular complexity index is 1490. The largest absolute Gasteiger partial charge is 0.333 e. The van der Waals surface area contributed by atoms with Crippen molar-refractivity contribution in [1.29, 1.82) is 0 Å². The molecule has 5 rings (SSSR count). The van der Waals surface area contributed by atoms with Gasteiger partial charge >= 0.3 is 6.03 Å². The molecule has 2 aromatic heterocycles. The van der Waals surface area contributed by atoms with E-state index in [1.807, 2.05) is 49.4 Å². The van der Waals surface area contributed by atoms with Crippen LogP contribution in [0.25, 0.3) is 22.2 Å². The minimum Gasteiger partial charge on any atom is -0.293 e. The smallest absolute Gasteiger partial charge is 0.293 e. The third-order valence-corrected chi connectivity index (χ3v) is 6.54. The number of nitrogens with zero attached hydrogens (tertiary/aromatic N) is 3. The Balaban J connectivity index is 1.54. The summed E-state index contributed by atoms with van der Waals surface area (Å²) in [5.74, 6) is -0.937. The van der Waals surface area contributed by atoms with Crippen LogP contribution >= 0.6 is 0 Å². The number of benzene rings is 2. The molecule has 9 heteroatoms. The number of hydrogen-bond donors (Lipinski definition) is 1. The SMILES string of the molecule is Cc1cccc(-c2ccc(N3CCc4cc5cc(F)c(S(N)(=O)=O)cc5n4C3=O)cc2)n1. The summed E-state index contributed by atoms with van der Waals surface area (Å²) in [6, 6.07) is 16.9. The molecule has 0 bridgehead atoms. The van der Waals surface area contributed by atoms with Gasteiger partial charge in [0.25, 0.3) is 0 Å². The number of rotatable bonds is 3.